The number of hydrogen-bond donors (Lipinski definition) is 7. The largest absolute Gasteiger partial charge is 0.480 e. The van der Waals surface area contributed by atoms with Gasteiger partial charge in [-0.3, -0.25) is 14.4 Å². The number of carboxylic acids is 1. The van der Waals surface area contributed by atoms with E-state index in [2.05, 4.69) is 28.6 Å². The van der Waals surface area contributed by atoms with Crippen LogP contribution in [-0.4, -0.2) is 70.4 Å². The molecule has 0 spiro atoms. The van der Waals surface area contributed by atoms with E-state index in [9.17, 15) is 19.2 Å². The summed E-state index contributed by atoms with van der Waals surface area (Å²) in [7, 11) is 0. The molecule has 4 atom stereocenters. The van der Waals surface area contributed by atoms with Crippen molar-refractivity contribution >= 4 is 36.3 Å². The maximum atomic E-state index is 12.1. The number of carboxylic acid groups (broad SMARTS) is 1. The zero-order valence-corrected chi connectivity index (χ0v) is 15.2. The molecule has 3 amide bonds. The fourth-order valence-corrected chi connectivity index (χ4v) is 1.88. The van der Waals surface area contributed by atoms with Crippen LogP contribution < -0.4 is 21.7 Å². The number of aliphatic carboxylic acids is 1. The van der Waals surface area contributed by atoms with Crippen LogP contribution in [0.15, 0.2) is 0 Å². The summed E-state index contributed by atoms with van der Waals surface area (Å²) >= 11 is 3.94. The van der Waals surface area contributed by atoms with E-state index < -0.39 is 54.5 Å². The van der Waals surface area contributed by atoms with Gasteiger partial charge in [-0.15, -0.1) is 0 Å². The van der Waals surface area contributed by atoms with Crippen LogP contribution in [0.4, 0.5) is 0 Å². The molecule has 0 bridgehead atoms. The Kier molecular flexibility index (Phi) is 10.1. The Hall–Kier alpha value is -1.85. The summed E-state index contributed by atoms with van der Waals surface area (Å²) in [4.78, 5) is 46.7. The van der Waals surface area contributed by atoms with Crippen LogP contribution >= 0.6 is 12.6 Å². The highest BCUT2D eigenvalue weighted by atomic mass is 32.1. The lowest BCUT2D eigenvalue weighted by Crippen LogP contribution is -2.57. The van der Waals surface area contributed by atoms with Crippen LogP contribution in [-0.2, 0) is 19.2 Å². The molecule has 0 fully saturated rings. The molecule has 0 aromatic rings. The maximum absolute atomic E-state index is 12.1. The van der Waals surface area contributed by atoms with Gasteiger partial charge in [-0.2, -0.15) is 12.6 Å². The quantitative estimate of drug-likeness (QED) is 0.205. The van der Waals surface area contributed by atoms with Gasteiger partial charge in [0.05, 0.1) is 12.6 Å². The van der Waals surface area contributed by atoms with Crippen LogP contribution in [0.2, 0.25) is 0 Å². The zero-order chi connectivity index (χ0) is 19.7. The van der Waals surface area contributed by atoms with Gasteiger partial charge in [-0.05, 0) is 12.8 Å². The number of amides is 3. The molecule has 0 rings (SSSR count). The normalized spacial score (nSPS) is 15.6. The number of carbonyl (C=O) groups excluding carboxylic acids is 3. The van der Waals surface area contributed by atoms with E-state index in [1.54, 1.807) is 13.8 Å². The second-order valence-electron chi connectivity index (χ2n) is 5.83. The Morgan fingerprint density at radius 1 is 0.960 bits per heavy atom. The molecule has 0 aliphatic rings. The van der Waals surface area contributed by atoms with Crippen LogP contribution in [0, 0.1) is 5.92 Å². The molecule has 10 nitrogen and oxygen atoms in total. The standard InChI is InChI=1S/C14H26N4O6S/c1-6(2)10(15)13(22)16-7(3)11(20)18-9(5-25)12(21)17-8(4-19)14(23)24/h6-10,19,25H,4-5,15H2,1-3H3,(H,16,22)(H,17,21)(H,18,20)(H,23,24). The smallest absolute Gasteiger partial charge is 0.328 e. The molecule has 11 heteroatoms. The van der Waals surface area contributed by atoms with Crippen LogP contribution in [0.5, 0.6) is 0 Å². The van der Waals surface area contributed by atoms with E-state index in [4.69, 9.17) is 15.9 Å². The van der Waals surface area contributed by atoms with E-state index in [0.717, 1.165) is 0 Å². The first kappa shape index (κ1) is 23.1. The first-order chi connectivity index (χ1) is 11.5. The van der Waals surface area contributed by atoms with E-state index in [0.29, 0.717) is 0 Å². The molecule has 4 unspecified atom stereocenters. The number of aliphatic hydroxyl groups excluding tert-OH is 1. The summed E-state index contributed by atoms with van der Waals surface area (Å²) in [6, 6.07) is -4.36. The zero-order valence-electron chi connectivity index (χ0n) is 14.4. The van der Waals surface area contributed by atoms with E-state index in [-0.39, 0.29) is 11.7 Å². The molecule has 144 valence electrons. The minimum atomic E-state index is -1.49. The third-order valence-electron chi connectivity index (χ3n) is 3.39. The summed E-state index contributed by atoms with van der Waals surface area (Å²) < 4.78 is 0. The summed E-state index contributed by atoms with van der Waals surface area (Å²) in [5, 5.41) is 24.6. The molecule has 0 aliphatic heterocycles. The number of nitrogens with two attached hydrogens (primary N) is 1. The monoisotopic (exact) mass is 378 g/mol. The maximum Gasteiger partial charge on any atom is 0.328 e. The number of thiol groups is 1. The number of hydrogen-bond acceptors (Lipinski definition) is 7. The Labute approximate surface area is 151 Å². The van der Waals surface area contributed by atoms with Gasteiger partial charge < -0.3 is 31.9 Å². The number of rotatable bonds is 10. The van der Waals surface area contributed by atoms with Gasteiger partial charge in [-0.25, -0.2) is 4.79 Å². The lowest BCUT2D eigenvalue weighted by atomic mass is 10.0. The highest BCUT2D eigenvalue weighted by molar-refractivity contribution is 7.80. The van der Waals surface area contributed by atoms with Crippen molar-refractivity contribution in [2.45, 2.75) is 44.9 Å². The average Bonchev–Trinajstić information content (AvgIpc) is 2.55. The summed E-state index contributed by atoms with van der Waals surface area (Å²) in [6.45, 7) is 4.14. The second kappa shape index (κ2) is 10.9. The summed E-state index contributed by atoms with van der Waals surface area (Å²) in [5.74, 6) is -3.62. The van der Waals surface area contributed by atoms with Crippen molar-refractivity contribution in [1.29, 1.82) is 0 Å². The lowest BCUT2D eigenvalue weighted by Gasteiger charge is -2.22. The fraction of sp³-hybridized carbons (Fsp3) is 0.714. The van der Waals surface area contributed by atoms with E-state index >= 15 is 0 Å². The second-order valence-corrected chi connectivity index (χ2v) is 6.19. The van der Waals surface area contributed by atoms with Crippen molar-refractivity contribution in [1.82, 2.24) is 16.0 Å². The van der Waals surface area contributed by atoms with E-state index in [1.807, 2.05) is 0 Å². The molecule has 0 saturated carbocycles. The topological polar surface area (TPSA) is 171 Å². The molecule has 0 aromatic heterocycles. The van der Waals surface area contributed by atoms with Gasteiger partial charge >= 0.3 is 5.97 Å². The van der Waals surface area contributed by atoms with Gasteiger partial charge in [-0.1, -0.05) is 13.8 Å². The Balaban J connectivity index is 4.74. The highest BCUT2D eigenvalue weighted by Gasteiger charge is 2.28. The number of carbonyl (C=O) groups is 4. The molecule has 7 N–H and O–H groups in total. The van der Waals surface area contributed by atoms with Crippen molar-refractivity contribution in [2.75, 3.05) is 12.4 Å². The van der Waals surface area contributed by atoms with Crippen LogP contribution in [0.3, 0.4) is 0 Å². The summed E-state index contributed by atoms with van der Waals surface area (Å²) in [5.41, 5.74) is 5.68. The van der Waals surface area contributed by atoms with Crippen molar-refractivity contribution in [3.05, 3.63) is 0 Å². The molecule has 0 saturated heterocycles. The van der Waals surface area contributed by atoms with Gasteiger partial charge in [0.1, 0.15) is 18.1 Å². The van der Waals surface area contributed by atoms with Gasteiger partial charge in [0.2, 0.25) is 17.7 Å². The van der Waals surface area contributed by atoms with Crippen molar-refractivity contribution < 1.29 is 29.4 Å². The predicted molar refractivity (Wildman–Crippen MR) is 92.9 cm³/mol. The Morgan fingerprint density at radius 3 is 1.88 bits per heavy atom. The van der Waals surface area contributed by atoms with Gasteiger partial charge in [0.15, 0.2) is 0 Å². The number of nitrogens with one attached hydrogen (secondary N) is 3. The summed E-state index contributed by atoms with van der Waals surface area (Å²) in [6.07, 6.45) is 0. The molecule has 0 aliphatic carbocycles. The first-order valence-electron chi connectivity index (χ1n) is 7.66. The van der Waals surface area contributed by atoms with Crippen LogP contribution in [0.1, 0.15) is 20.8 Å². The van der Waals surface area contributed by atoms with Crippen molar-refractivity contribution in [3.63, 3.8) is 0 Å². The molecular weight excluding hydrogens is 352 g/mol. The van der Waals surface area contributed by atoms with Crippen molar-refractivity contribution in [2.24, 2.45) is 11.7 Å². The third-order valence-corrected chi connectivity index (χ3v) is 3.75. The highest BCUT2D eigenvalue weighted by Crippen LogP contribution is 1.99. The lowest BCUT2D eigenvalue weighted by molar-refractivity contribution is -0.143. The minimum Gasteiger partial charge on any atom is -0.480 e. The molecule has 0 heterocycles. The average molecular weight is 378 g/mol. The van der Waals surface area contributed by atoms with Crippen LogP contribution in [0.25, 0.3) is 0 Å². The molecule has 0 radical (unpaired) electrons. The number of aliphatic hydroxyl groups is 1. The van der Waals surface area contributed by atoms with Gasteiger partial charge in [0, 0.05) is 5.75 Å². The Bertz CT molecular complexity index is 502. The minimum absolute atomic E-state index is 0.110. The van der Waals surface area contributed by atoms with Gasteiger partial charge in [0.25, 0.3) is 0 Å². The predicted octanol–water partition coefficient (Wildman–Crippen LogP) is -2.55. The first-order valence-corrected chi connectivity index (χ1v) is 8.29. The Morgan fingerprint density at radius 2 is 1.48 bits per heavy atom. The third kappa shape index (κ3) is 7.71. The fourth-order valence-electron chi connectivity index (χ4n) is 1.63. The molecule has 25 heavy (non-hydrogen) atoms. The van der Waals surface area contributed by atoms with Crippen molar-refractivity contribution in [3.8, 4) is 0 Å². The SMILES string of the molecule is CC(NC(=O)C(N)C(C)C)C(=O)NC(CS)C(=O)NC(CO)C(=O)O. The molecular formula is C14H26N4O6S. The van der Waals surface area contributed by atoms with E-state index in [1.165, 1.54) is 6.92 Å². The molecule has 0 aromatic carbocycles.